The molecule has 0 aliphatic carbocycles. The Morgan fingerprint density at radius 2 is 1.69 bits per heavy atom. The van der Waals surface area contributed by atoms with Gasteiger partial charge in [-0.3, -0.25) is 9.89 Å². The van der Waals surface area contributed by atoms with Crippen molar-refractivity contribution in [3.05, 3.63) is 72.1 Å². The average Bonchev–Trinajstić information content (AvgIpc) is 3.24. The number of hydrogen-bond acceptors (Lipinski definition) is 3. The predicted octanol–water partition coefficient (Wildman–Crippen LogP) is 4.28. The monoisotopic (exact) mass is 388 g/mol. The molecule has 29 heavy (non-hydrogen) atoms. The summed E-state index contributed by atoms with van der Waals surface area (Å²) in [5.74, 6) is 2.55. The van der Waals surface area contributed by atoms with Crippen LogP contribution in [0.3, 0.4) is 0 Å². The van der Waals surface area contributed by atoms with E-state index in [4.69, 9.17) is 0 Å². The Hall–Kier alpha value is -2.95. The van der Waals surface area contributed by atoms with Gasteiger partial charge in [0.05, 0.1) is 0 Å². The van der Waals surface area contributed by atoms with E-state index in [-0.39, 0.29) is 0 Å². The van der Waals surface area contributed by atoms with Gasteiger partial charge in [-0.1, -0.05) is 60.7 Å². The fourth-order valence-corrected chi connectivity index (χ4v) is 4.01. The number of aromatic amines is 1. The van der Waals surface area contributed by atoms with Crippen molar-refractivity contribution in [2.24, 2.45) is 5.92 Å². The van der Waals surface area contributed by atoms with Crippen molar-refractivity contribution in [2.75, 3.05) is 13.1 Å². The Kier molecular flexibility index (Phi) is 6.35. The minimum absolute atomic E-state index is 0.297. The van der Waals surface area contributed by atoms with E-state index in [0.717, 1.165) is 62.4 Å². The van der Waals surface area contributed by atoms with Crippen LogP contribution in [0.4, 0.5) is 0 Å². The molecule has 0 saturated carbocycles. The molecule has 5 nitrogen and oxygen atoms in total. The normalized spacial score (nSPS) is 14.8. The lowest BCUT2D eigenvalue weighted by Gasteiger charge is -2.31. The van der Waals surface area contributed by atoms with Gasteiger partial charge in [-0.05, 0) is 37.2 Å². The summed E-state index contributed by atoms with van der Waals surface area (Å²) in [7, 11) is 0. The molecule has 1 aromatic heterocycles. The van der Waals surface area contributed by atoms with Crippen LogP contribution in [0.1, 0.15) is 37.1 Å². The first-order chi connectivity index (χ1) is 14.3. The molecule has 3 aromatic rings. The summed E-state index contributed by atoms with van der Waals surface area (Å²) in [4.78, 5) is 19.2. The Labute approximate surface area is 172 Å². The third kappa shape index (κ3) is 5.31. The van der Waals surface area contributed by atoms with Crippen molar-refractivity contribution in [2.45, 2.75) is 38.5 Å². The van der Waals surface area contributed by atoms with Crippen LogP contribution in [0, 0.1) is 5.92 Å². The maximum absolute atomic E-state index is 12.5. The number of rotatable bonds is 7. The maximum Gasteiger partial charge on any atom is 0.222 e. The summed E-state index contributed by atoms with van der Waals surface area (Å²) in [5, 5.41) is 7.44. The zero-order chi connectivity index (χ0) is 19.9. The van der Waals surface area contributed by atoms with Crippen LogP contribution < -0.4 is 0 Å². The van der Waals surface area contributed by atoms with E-state index in [0.29, 0.717) is 18.2 Å². The first kappa shape index (κ1) is 19.4. The summed E-state index contributed by atoms with van der Waals surface area (Å²) in [5.41, 5.74) is 2.34. The van der Waals surface area contributed by atoms with Gasteiger partial charge in [0.25, 0.3) is 0 Å². The molecule has 1 saturated heterocycles. The molecule has 1 N–H and O–H groups in total. The van der Waals surface area contributed by atoms with Crippen LogP contribution in [-0.2, 0) is 17.6 Å². The second kappa shape index (κ2) is 9.50. The van der Waals surface area contributed by atoms with Crippen LogP contribution in [-0.4, -0.2) is 39.1 Å². The van der Waals surface area contributed by atoms with Crippen molar-refractivity contribution in [1.29, 1.82) is 0 Å². The molecular formula is C24H28N4O. The van der Waals surface area contributed by atoms with Gasteiger partial charge in [-0.15, -0.1) is 0 Å². The Bertz CT molecular complexity index is 899. The first-order valence-corrected chi connectivity index (χ1v) is 10.6. The third-order valence-corrected chi connectivity index (χ3v) is 5.71. The molecule has 0 atom stereocenters. The van der Waals surface area contributed by atoms with Gasteiger partial charge in [-0.25, -0.2) is 4.98 Å². The van der Waals surface area contributed by atoms with Crippen LogP contribution in [0.5, 0.6) is 0 Å². The lowest BCUT2D eigenvalue weighted by Crippen LogP contribution is -2.38. The topological polar surface area (TPSA) is 61.9 Å². The van der Waals surface area contributed by atoms with Crippen LogP contribution in [0.25, 0.3) is 11.4 Å². The molecule has 150 valence electrons. The Morgan fingerprint density at radius 3 is 2.41 bits per heavy atom. The van der Waals surface area contributed by atoms with E-state index in [9.17, 15) is 4.79 Å². The number of carbonyl (C=O) groups is 1. The highest BCUT2D eigenvalue weighted by Crippen LogP contribution is 2.22. The van der Waals surface area contributed by atoms with Crippen molar-refractivity contribution in [3.8, 4) is 11.4 Å². The van der Waals surface area contributed by atoms with E-state index in [1.165, 1.54) is 5.56 Å². The largest absolute Gasteiger partial charge is 0.343 e. The number of nitrogens with one attached hydrogen (secondary N) is 1. The number of aromatic nitrogens is 3. The number of likely N-dealkylation sites (tertiary alicyclic amines) is 1. The lowest BCUT2D eigenvalue weighted by molar-refractivity contribution is -0.132. The van der Waals surface area contributed by atoms with E-state index >= 15 is 0 Å². The number of H-pyrrole nitrogens is 1. The standard InChI is InChI=1S/C24H28N4O/c29-23(13-7-10-19-8-3-1-4-9-19)28-16-14-20(15-17-28)18-22-25-24(27-26-22)21-11-5-2-6-12-21/h1-6,8-9,11-12,20H,7,10,13-18H2,(H,25,26,27). The number of amides is 1. The summed E-state index contributed by atoms with van der Waals surface area (Å²) >= 11 is 0. The van der Waals surface area contributed by atoms with Gasteiger partial charge in [0.15, 0.2) is 5.82 Å². The summed E-state index contributed by atoms with van der Waals surface area (Å²) < 4.78 is 0. The molecule has 2 heterocycles. The Morgan fingerprint density at radius 1 is 1.00 bits per heavy atom. The van der Waals surface area contributed by atoms with Crippen molar-refractivity contribution in [3.63, 3.8) is 0 Å². The fourth-order valence-electron chi connectivity index (χ4n) is 4.01. The molecule has 0 radical (unpaired) electrons. The zero-order valence-electron chi connectivity index (χ0n) is 16.8. The van der Waals surface area contributed by atoms with Crippen LogP contribution in [0.2, 0.25) is 0 Å². The van der Waals surface area contributed by atoms with Crippen LogP contribution in [0.15, 0.2) is 60.7 Å². The predicted molar refractivity (Wildman–Crippen MR) is 114 cm³/mol. The summed E-state index contributed by atoms with van der Waals surface area (Å²) in [6.45, 7) is 1.71. The molecule has 0 unspecified atom stereocenters. The average molecular weight is 389 g/mol. The second-order valence-corrected chi connectivity index (χ2v) is 7.84. The minimum Gasteiger partial charge on any atom is -0.343 e. The number of nitrogens with zero attached hydrogens (tertiary/aromatic N) is 3. The number of piperidine rings is 1. The molecule has 0 bridgehead atoms. The van der Waals surface area contributed by atoms with Gasteiger partial charge < -0.3 is 4.90 Å². The zero-order valence-corrected chi connectivity index (χ0v) is 16.8. The quantitative estimate of drug-likeness (QED) is 0.657. The summed E-state index contributed by atoms with van der Waals surface area (Å²) in [6.07, 6.45) is 5.50. The molecule has 1 fully saturated rings. The lowest BCUT2D eigenvalue weighted by atomic mass is 9.93. The molecule has 5 heteroatoms. The molecular weight excluding hydrogens is 360 g/mol. The van der Waals surface area contributed by atoms with E-state index in [1.807, 2.05) is 41.3 Å². The van der Waals surface area contributed by atoms with E-state index in [1.54, 1.807) is 0 Å². The highest BCUT2D eigenvalue weighted by atomic mass is 16.2. The second-order valence-electron chi connectivity index (χ2n) is 7.84. The fraction of sp³-hybridized carbons (Fsp3) is 0.375. The van der Waals surface area contributed by atoms with Crippen molar-refractivity contribution >= 4 is 5.91 Å². The highest BCUT2D eigenvalue weighted by Gasteiger charge is 2.23. The van der Waals surface area contributed by atoms with E-state index < -0.39 is 0 Å². The van der Waals surface area contributed by atoms with Gasteiger partial charge in [0.1, 0.15) is 5.82 Å². The third-order valence-electron chi connectivity index (χ3n) is 5.71. The molecule has 4 rings (SSSR count). The van der Waals surface area contributed by atoms with Crippen molar-refractivity contribution in [1.82, 2.24) is 20.1 Å². The molecule has 1 amide bonds. The smallest absolute Gasteiger partial charge is 0.222 e. The van der Waals surface area contributed by atoms with Crippen molar-refractivity contribution < 1.29 is 4.79 Å². The first-order valence-electron chi connectivity index (χ1n) is 10.6. The molecule has 1 aliphatic rings. The van der Waals surface area contributed by atoms with E-state index in [2.05, 4.69) is 39.4 Å². The maximum atomic E-state index is 12.5. The van der Waals surface area contributed by atoms with Gasteiger partial charge >= 0.3 is 0 Å². The SMILES string of the molecule is O=C(CCCc1ccccc1)N1CCC(Cc2nc(-c3ccccc3)n[nH]2)CC1. The number of benzene rings is 2. The van der Waals surface area contributed by atoms with Gasteiger partial charge in [-0.2, -0.15) is 5.10 Å². The van der Waals surface area contributed by atoms with Crippen LogP contribution >= 0.6 is 0 Å². The highest BCUT2D eigenvalue weighted by molar-refractivity contribution is 5.76. The molecule has 2 aromatic carbocycles. The van der Waals surface area contributed by atoms with Gasteiger partial charge in [0.2, 0.25) is 5.91 Å². The van der Waals surface area contributed by atoms with Gasteiger partial charge in [0, 0.05) is 31.5 Å². The molecule has 1 aliphatic heterocycles. The summed E-state index contributed by atoms with van der Waals surface area (Å²) in [6, 6.07) is 20.4. The number of carbonyl (C=O) groups excluding carboxylic acids is 1. The minimum atomic E-state index is 0.297. The number of aryl methyl sites for hydroxylation is 1. The molecule has 0 spiro atoms. The number of hydrogen-bond donors (Lipinski definition) is 1. The Balaban J connectivity index is 1.20.